The summed E-state index contributed by atoms with van der Waals surface area (Å²) in [5, 5.41) is 10.3. The quantitative estimate of drug-likeness (QED) is 0.0387. The summed E-state index contributed by atoms with van der Waals surface area (Å²) in [7, 11) is -2.04. The molecule has 0 aliphatic carbocycles. The van der Waals surface area contributed by atoms with Gasteiger partial charge in [0.2, 0.25) is 0 Å². The summed E-state index contributed by atoms with van der Waals surface area (Å²) in [6.45, 7) is 20.7. The van der Waals surface area contributed by atoms with Crippen LogP contribution in [-0.2, 0) is 26.8 Å². The standard InChI is InChI=1S/C39H53FO6Si/c1-10-12-13-14-28-15-17-29(18-16-28)30-19-20-32(34(40)23-30)33-25-35(44-26-37(41)43-11-2)31(24-36(33)46-38(42)27(3)4)21-22-45-47(8,9)39(5,6)7/h15-20,23-25,37,41H,3,10-14,21-22,26H2,1-2,4-9H3. The summed E-state index contributed by atoms with van der Waals surface area (Å²) >= 11 is 0. The van der Waals surface area contributed by atoms with Crippen molar-refractivity contribution in [3.05, 3.63) is 83.7 Å². The normalized spacial score (nSPS) is 12.6. The predicted octanol–water partition coefficient (Wildman–Crippen LogP) is 9.67. The van der Waals surface area contributed by atoms with Crippen LogP contribution in [-0.4, -0.2) is 45.5 Å². The summed E-state index contributed by atoms with van der Waals surface area (Å²) < 4.78 is 39.5. The Balaban J connectivity index is 2.04. The highest BCUT2D eigenvalue weighted by Crippen LogP contribution is 2.40. The molecule has 1 unspecified atom stereocenters. The van der Waals surface area contributed by atoms with Crippen molar-refractivity contribution < 1.29 is 32.9 Å². The van der Waals surface area contributed by atoms with Gasteiger partial charge in [-0.2, -0.15) is 0 Å². The van der Waals surface area contributed by atoms with Gasteiger partial charge < -0.3 is 23.7 Å². The van der Waals surface area contributed by atoms with E-state index in [9.17, 15) is 9.90 Å². The highest BCUT2D eigenvalue weighted by atomic mass is 28.4. The number of benzene rings is 3. The first-order valence-corrected chi connectivity index (χ1v) is 19.6. The van der Waals surface area contributed by atoms with Crippen molar-refractivity contribution in [2.75, 3.05) is 19.8 Å². The number of aryl methyl sites for hydroxylation is 1. The molecule has 1 atom stereocenters. The Hall–Kier alpha value is -3.30. The molecule has 0 spiro atoms. The van der Waals surface area contributed by atoms with Crippen molar-refractivity contribution in [1.82, 2.24) is 0 Å². The van der Waals surface area contributed by atoms with Gasteiger partial charge in [0.15, 0.2) is 14.6 Å². The fourth-order valence-corrected chi connectivity index (χ4v) is 5.85. The van der Waals surface area contributed by atoms with Gasteiger partial charge in [-0.25, -0.2) is 9.18 Å². The van der Waals surface area contributed by atoms with Crippen LogP contribution in [0.5, 0.6) is 11.5 Å². The minimum Gasteiger partial charge on any atom is -0.488 e. The van der Waals surface area contributed by atoms with E-state index in [1.54, 1.807) is 32.0 Å². The van der Waals surface area contributed by atoms with E-state index in [2.05, 4.69) is 59.5 Å². The van der Waals surface area contributed by atoms with Gasteiger partial charge in [-0.3, -0.25) is 0 Å². The highest BCUT2D eigenvalue weighted by molar-refractivity contribution is 6.74. The van der Waals surface area contributed by atoms with Gasteiger partial charge in [-0.05, 0) is 86.1 Å². The van der Waals surface area contributed by atoms with Crippen LogP contribution in [0.2, 0.25) is 18.1 Å². The molecule has 0 saturated carbocycles. The molecule has 6 nitrogen and oxygen atoms in total. The van der Waals surface area contributed by atoms with Crippen molar-refractivity contribution in [1.29, 1.82) is 0 Å². The smallest absolute Gasteiger partial charge is 0.338 e. The van der Waals surface area contributed by atoms with Gasteiger partial charge >= 0.3 is 5.97 Å². The minimum atomic E-state index is -2.04. The molecule has 0 amide bonds. The molecule has 8 heteroatoms. The monoisotopic (exact) mass is 664 g/mol. The number of hydrogen-bond acceptors (Lipinski definition) is 6. The van der Waals surface area contributed by atoms with Crippen LogP contribution in [0.1, 0.15) is 71.9 Å². The van der Waals surface area contributed by atoms with Gasteiger partial charge in [-0.1, -0.05) is 83.5 Å². The predicted molar refractivity (Wildman–Crippen MR) is 191 cm³/mol. The average molecular weight is 665 g/mol. The van der Waals surface area contributed by atoms with Gasteiger partial charge in [0.25, 0.3) is 0 Å². The van der Waals surface area contributed by atoms with Gasteiger partial charge in [0.05, 0.1) is 0 Å². The van der Waals surface area contributed by atoms with Crippen LogP contribution in [0.3, 0.4) is 0 Å². The number of aliphatic hydroxyl groups excluding tert-OH is 1. The summed E-state index contributed by atoms with van der Waals surface area (Å²) in [4.78, 5) is 12.8. The van der Waals surface area contributed by atoms with Gasteiger partial charge in [-0.15, -0.1) is 0 Å². The van der Waals surface area contributed by atoms with E-state index in [1.165, 1.54) is 24.5 Å². The number of ether oxygens (including phenoxy) is 3. The molecule has 0 radical (unpaired) electrons. The Morgan fingerprint density at radius 1 is 0.936 bits per heavy atom. The first-order valence-electron chi connectivity index (χ1n) is 16.7. The number of carbonyl (C=O) groups is 1. The molecule has 47 heavy (non-hydrogen) atoms. The summed E-state index contributed by atoms with van der Waals surface area (Å²) in [6, 6.07) is 16.6. The number of halogens is 1. The number of esters is 1. The van der Waals surface area contributed by atoms with Crippen LogP contribution >= 0.6 is 0 Å². The fourth-order valence-electron chi connectivity index (χ4n) is 4.80. The molecular formula is C39H53FO6Si. The Labute approximate surface area is 282 Å². The Morgan fingerprint density at radius 2 is 1.62 bits per heavy atom. The zero-order chi connectivity index (χ0) is 34.8. The number of unbranched alkanes of at least 4 members (excludes halogenated alkanes) is 2. The van der Waals surface area contributed by atoms with E-state index in [4.69, 9.17) is 18.6 Å². The lowest BCUT2D eigenvalue weighted by molar-refractivity contribution is -0.130. The van der Waals surface area contributed by atoms with Crippen LogP contribution in [0.4, 0.5) is 4.39 Å². The maximum atomic E-state index is 16.0. The zero-order valence-electron chi connectivity index (χ0n) is 29.5. The minimum absolute atomic E-state index is 0.0281. The lowest BCUT2D eigenvalue weighted by atomic mass is 9.96. The van der Waals surface area contributed by atoms with E-state index in [-0.39, 0.29) is 28.5 Å². The molecule has 0 aromatic heterocycles. The molecule has 0 aliphatic heterocycles. The van der Waals surface area contributed by atoms with E-state index in [0.29, 0.717) is 36.5 Å². The van der Waals surface area contributed by atoms with E-state index >= 15 is 4.39 Å². The second-order valence-electron chi connectivity index (χ2n) is 13.6. The largest absolute Gasteiger partial charge is 0.488 e. The van der Waals surface area contributed by atoms with Crippen molar-refractivity contribution in [2.45, 2.75) is 98.1 Å². The zero-order valence-corrected chi connectivity index (χ0v) is 30.5. The van der Waals surface area contributed by atoms with Crippen molar-refractivity contribution in [2.24, 2.45) is 0 Å². The molecular weight excluding hydrogens is 612 g/mol. The molecule has 0 saturated heterocycles. The first kappa shape index (κ1) is 38.1. The Morgan fingerprint density at radius 3 is 2.21 bits per heavy atom. The lowest BCUT2D eigenvalue weighted by Crippen LogP contribution is -2.41. The van der Waals surface area contributed by atoms with Gasteiger partial charge in [0.1, 0.15) is 23.9 Å². The van der Waals surface area contributed by atoms with E-state index in [1.807, 2.05) is 18.2 Å². The van der Waals surface area contributed by atoms with Crippen LogP contribution in [0.15, 0.2) is 66.7 Å². The Bertz CT molecular complexity index is 1490. The number of carbonyl (C=O) groups excluding carboxylic acids is 1. The highest BCUT2D eigenvalue weighted by Gasteiger charge is 2.37. The maximum absolute atomic E-state index is 16.0. The summed E-state index contributed by atoms with van der Waals surface area (Å²) in [6.07, 6.45) is 3.85. The fraction of sp³-hybridized carbons (Fsp3) is 0.462. The second-order valence-corrected chi connectivity index (χ2v) is 18.4. The molecule has 3 rings (SSSR count). The molecule has 3 aromatic rings. The Kier molecular flexibility index (Phi) is 14.0. The molecule has 0 heterocycles. The molecule has 0 aliphatic rings. The molecule has 3 aromatic carbocycles. The third kappa shape index (κ3) is 10.9. The molecule has 0 fully saturated rings. The summed E-state index contributed by atoms with van der Waals surface area (Å²) in [5.41, 5.74) is 4.40. The number of rotatable bonds is 17. The number of hydrogen-bond donors (Lipinski definition) is 1. The van der Waals surface area contributed by atoms with Crippen molar-refractivity contribution in [3.63, 3.8) is 0 Å². The van der Waals surface area contributed by atoms with Crippen LogP contribution < -0.4 is 9.47 Å². The van der Waals surface area contributed by atoms with Crippen molar-refractivity contribution >= 4 is 14.3 Å². The van der Waals surface area contributed by atoms with E-state index < -0.39 is 26.4 Å². The first-order chi connectivity index (χ1) is 22.2. The number of aliphatic hydroxyl groups is 1. The van der Waals surface area contributed by atoms with Crippen LogP contribution in [0.25, 0.3) is 22.3 Å². The third-order valence-corrected chi connectivity index (χ3v) is 13.2. The van der Waals surface area contributed by atoms with E-state index in [0.717, 1.165) is 24.0 Å². The SMILES string of the molecule is C=C(C)C(=O)Oc1cc(CCO[Si](C)(C)C(C)(C)C)c(OCC(O)OCC)cc1-c1ccc(-c2ccc(CCCCC)cc2)cc1F. The topological polar surface area (TPSA) is 74.2 Å². The lowest BCUT2D eigenvalue weighted by Gasteiger charge is -2.36. The van der Waals surface area contributed by atoms with Gasteiger partial charge in [0, 0.05) is 35.5 Å². The average Bonchev–Trinajstić information content (AvgIpc) is 3.00. The van der Waals surface area contributed by atoms with Crippen molar-refractivity contribution in [3.8, 4) is 33.8 Å². The molecule has 0 bridgehead atoms. The summed E-state index contributed by atoms with van der Waals surface area (Å²) in [5.74, 6) is -0.501. The molecule has 256 valence electrons. The third-order valence-electron chi connectivity index (χ3n) is 8.71. The second kappa shape index (κ2) is 17.2. The van der Waals surface area contributed by atoms with Crippen LogP contribution in [0, 0.1) is 5.82 Å². The molecule has 1 N–H and O–H groups in total. The maximum Gasteiger partial charge on any atom is 0.338 e.